The zero-order valence-corrected chi connectivity index (χ0v) is 38.2. The Morgan fingerprint density at radius 3 is 0.561 bits per heavy atom. The molecule has 15 heteroatoms. The predicted octanol–water partition coefficient (Wildman–Crippen LogP) is 2.82. The van der Waals surface area contributed by atoms with E-state index < -0.39 is 0 Å². The number of halogens is 3. The summed E-state index contributed by atoms with van der Waals surface area (Å²) in [5, 5.41) is 13.3. The van der Waals surface area contributed by atoms with Crippen LogP contribution in [0, 0.1) is 0 Å². The monoisotopic (exact) mass is 960 g/mol. The van der Waals surface area contributed by atoms with Crippen LogP contribution in [0.4, 0.5) is 34.9 Å². The van der Waals surface area contributed by atoms with Gasteiger partial charge in [0.15, 0.2) is 0 Å². The second-order valence-electron chi connectivity index (χ2n) is 11.6. The molecule has 6 aromatic rings. The average Bonchev–Trinajstić information content (AvgIpc) is 3.19. The fourth-order valence-corrected chi connectivity index (χ4v) is 4.80. The molecule has 0 aliphatic carbocycles. The molecule has 0 atom stereocenters. The minimum Gasteiger partial charge on any atom is -1.00 e. The number of aromatic nitrogens is 6. The molecular weight excluding hydrogens is 914 g/mol. The van der Waals surface area contributed by atoms with Crippen molar-refractivity contribution in [3.05, 3.63) is 159 Å². The summed E-state index contributed by atoms with van der Waals surface area (Å²) in [6, 6.07) is 24.1. The van der Waals surface area contributed by atoms with Gasteiger partial charge in [-0.05, 0) is 145 Å². The molecule has 0 aliphatic heterocycles. The van der Waals surface area contributed by atoms with Crippen molar-refractivity contribution in [2.45, 2.75) is 80.1 Å². The van der Waals surface area contributed by atoms with E-state index in [4.69, 9.17) is 0 Å². The zero-order valence-electron chi connectivity index (χ0n) is 32.8. The summed E-state index contributed by atoms with van der Waals surface area (Å²) in [5.74, 6) is 4.36. The van der Waals surface area contributed by atoms with Gasteiger partial charge in [0, 0.05) is 34.9 Å². The number of aryl methyl sites for hydroxylation is 6. The molecule has 309 valence electrons. The molecule has 6 heterocycles. The molecule has 9 nitrogen and oxygen atoms in total. The Hall–Kier alpha value is -3.31. The number of hydrogen-bond acceptors (Lipinski definition) is 6. The van der Waals surface area contributed by atoms with Crippen molar-refractivity contribution in [3.8, 4) is 0 Å². The molecule has 6 aromatic heterocycles. The molecule has 0 saturated carbocycles. The van der Waals surface area contributed by atoms with Crippen molar-refractivity contribution >= 4 is 34.9 Å². The van der Waals surface area contributed by atoms with Gasteiger partial charge in [-0.3, -0.25) is 0 Å². The van der Waals surface area contributed by atoms with Gasteiger partial charge < -0.3 is 83.1 Å². The van der Waals surface area contributed by atoms with Crippen LogP contribution in [-0.4, -0.2) is 29.9 Å². The summed E-state index contributed by atoms with van der Waals surface area (Å²) >= 11 is 0. The smallest absolute Gasteiger partial charge is 1.00 e. The largest absolute Gasteiger partial charge is 2.00 e. The van der Waals surface area contributed by atoms with Crippen LogP contribution < -0.4 is 37.2 Å². The SMILES string of the molecule is CCc1ccnc([N-]c2cc(CC)ccn2)c1.CCc1ccnc([N-]c2cc(CC)ccn2)c1.CCc1ccnc([N-]c2cc(CC)ccn2)c1.[Cl-].[Cl-].[Cl-].[Co+2].[Co+2].[Co+2]. The van der Waals surface area contributed by atoms with E-state index in [1.54, 1.807) is 37.2 Å². The van der Waals surface area contributed by atoms with Crippen LogP contribution in [0.25, 0.3) is 16.0 Å². The predicted molar refractivity (Wildman–Crippen MR) is 210 cm³/mol. The topological polar surface area (TPSA) is 120 Å². The molecule has 0 saturated heterocycles. The van der Waals surface area contributed by atoms with Crippen LogP contribution >= 0.6 is 0 Å². The van der Waals surface area contributed by atoms with Gasteiger partial charge in [0.25, 0.3) is 0 Å². The van der Waals surface area contributed by atoms with E-state index in [-0.39, 0.29) is 87.6 Å². The van der Waals surface area contributed by atoms with Gasteiger partial charge in [-0.25, -0.2) is 0 Å². The van der Waals surface area contributed by atoms with E-state index in [2.05, 4.69) is 87.4 Å². The van der Waals surface area contributed by atoms with Crippen LogP contribution in [0.1, 0.15) is 74.9 Å². The first kappa shape index (κ1) is 58.0. The molecule has 57 heavy (non-hydrogen) atoms. The summed E-state index contributed by atoms with van der Waals surface area (Å²) < 4.78 is 0. The first-order valence-corrected chi connectivity index (χ1v) is 17.8. The van der Waals surface area contributed by atoms with Crippen molar-refractivity contribution in [2.24, 2.45) is 0 Å². The summed E-state index contributed by atoms with van der Waals surface area (Å²) in [6.45, 7) is 12.7. The number of rotatable bonds is 12. The van der Waals surface area contributed by atoms with Crippen molar-refractivity contribution in [1.82, 2.24) is 29.9 Å². The first-order valence-electron chi connectivity index (χ1n) is 17.8. The van der Waals surface area contributed by atoms with Gasteiger partial charge in [0.1, 0.15) is 0 Å². The molecule has 0 unspecified atom stereocenters. The molecule has 0 N–H and O–H groups in total. The van der Waals surface area contributed by atoms with E-state index in [9.17, 15) is 0 Å². The average molecular weight is 962 g/mol. The molecule has 0 amide bonds. The third kappa shape index (κ3) is 20.8. The minimum absolute atomic E-state index is 0. The number of hydrogen-bond donors (Lipinski definition) is 0. The van der Waals surface area contributed by atoms with Crippen LogP contribution in [0.2, 0.25) is 0 Å². The Kier molecular flexibility index (Phi) is 33.2. The van der Waals surface area contributed by atoms with E-state index in [1.165, 1.54) is 33.4 Å². The summed E-state index contributed by atoms with van der Waals surface area (Å²) in [7, 11) is 0. The number of nitrogens with zero attached hydrogens (tertiary/aromatic N) is 9. The molecule has 6 rings (SSSR count). The maximum absolute atomic E-state index is 4.44. The van der Waals surface area contributed by atoms with Crippen molar-refractivity contribution in [3.63, 3.8) is 0 Å². The normalized spacial score (nSPS) is 9.16. The van der Waals surface area contributed by atoms with Gasteiger partial charge in [-0.15, -0.1) is 0 Å². The molecule has 0 bridgehead atoms. The van der Waals surface area contributed by atoms with E-state index in [0.29, 0.717) is 0 Å². The maximum Gasteiger partial charge on any atom is 2.00 e. The van der Waals surface area contributed by atoms with E-state index in [0.717, 1.165) is 73.4 Å². The Labute approximate surface area is 388 Å². The fourth-order valence-electron chi connectivity index (χ4n) is 4.80. The third-order valence-corrected chi connectivity index (χ3v) is 8.00. The molecule has 0 spiro atoms. The summed E-state index contributed by atoms with van der Waals surface area (Å²) in [4.78, 5) is 25.4. The fraction of sp³-hybridized carbons (Fsp3) is 0.286. The Morgan fingerprint density at radius 1 is 0.298 bits per heavy atom. The van der Waals surface area contributed by atoms with Crippen LogP contribution in [-0.2, 0) is 88.9 Å². The molecule has 0 aromatic carbocycles. The minimum atomic E-state index is 0. The van der Waals surface area contributed by atoms with Crippen molar-refractivity contribution in [1.29, 1.82) is 0 Å². The molecular formula is C42H48Cl3Co3N9. The second kappa shape index (κ2) is 32.6. The van der Waals surface area contributed by atoms with Gasteiger partial charge >= 0.3 is 50.3 Å². The van der Waals surface area contributed by atoms with Crippen LogP contribution in [0.3, 0.4) is 0 Å². The third-order valence-electron chi connectivity index (χ3n) is 8.00. The maximum atomic E-state index is 4.44. The Balaban J connectivity index is -0.000000729. The van der Waals surface area contributed by atoms with Gasteiger partial charge in [-0.2, -0.15) is 0 Å². The quantitative estimate of drug-likeness (QED) is 0.186. The van der Waals surface area contributed by atoms with Crippen LogP contribution in [0.5, 0.6) is 0 Å². The van der Waals surface area contributed by atoms with E-state index in [1.807, 2.05) is 72.8 Å². The van der Waals surface area contributed by atoms with Crippen molar-refractivity contribution < 1.29 is 87.6 Å². The molecule has 3 radical (unpaired) electrons. The zero-order chi connectivity index (χ0) is 36.3. The Bertz CT molecular complexity index is 1600. The van der Waals surface area contributed by atoms with E-state index >= 15 is 0 Å². The summed E-state index contributed by atoms with van der Waals surface area (Å²) in [6.07, 6.45) is 16.7. The standard InChI is InChI=1S/3C14H16N3.3ClH.3Co/c3*1-3-11-5-7-15-13(9-11)17-14-10-12(4-2)6-8-16-14;;;;;;/h3*5-10H,3-4H2,1-2H3;3*1H;;;/q3*-1;;;;3*+2/p-3. The Morgan fingerprint density at radius 2 is 0.439 bits per heavy atom. The number of pyridine rings is 6. The molecule has 0 aliphatic rings. The first-order chi connectivity index (χ1) is 24.9. The van der Waals surface area contributed by atoms with Gasteiger partial charge in [-0.1, -0.05) is 77.9 Å². The molecule has 0 fully saturated rings. The summed E-state index contributed by atoms with van der Waals surface area (Å²) in [5.41, 5.74) is 7.45. The van der Waals surface area contributed by atoms with Gasteiger partial charge in [0.05, 0.1) is 0 Å². The second-order valence-corrected chi connectivity index (χ2v) is 11.6. The van der Waals surface area contributed by atoms with Crippen LogP contribution in [0.15, 0.2) is 110 Å². The van der Waals surface area contributed by atoms with Gasteiger partial charge in [0.2, 0.25) is 0 Å². The van der Waals surface area contributed by atoms with Crippen molar-refractivity contribution in [2.75, 3.05) is 0 Å².